The second kappa shape index (κ2) is 13.6. The van der Waals surface area contributed by atoms with E-state index in [1.807, 2.05) is 38.1 Å². The molecule has 2 aromatic carbocycles. The summed E-state index contributed by atoms with van der Waals surface area (Å²) in [5, 5.41) is 27.5. The number of carbonyl (C=O) groups is 1. The highest BCUT2D eigenvalue weighted by Gasteiger charge is 2.26. The fraction of sp³-hybridized carbons (Fsp3) is 0.407. The van der Waals surface area contributed by atoms with Crippen molar-refractivity contribution in [1.29, 1.82) is 0 Å². The van der Waals surface area contributed by atoms with Gasteiger partial charge in [0, 0.05) is 32.2 Å². The highest BCUT2D eigenvalue weighted by atomic mass is 32.2. The number of phenols is 2. The van der Waals surface area contributed by atoms with Crippen LogP contribution in [-0.4, -0.2) is 78.4 Å². The number of benzene rings is 2. The second-order valence-corrected chi connectivity index (χ2v) is 11.0. The Morgan fingerprint density at radius 3 is 2.33 bits per heavy atom. The van der Waals surface area contributed by atoms with Gasteiger partial charge in [0.15, 0.2) is 5.76 Å². The van der Waals surface area contributed by atoms with E-state index in [-0.39, 0.29) is 29.1 Å². The van der Waals surface area contributed by atoms with Crippen molar-refractivity contribution in [2.45, 2.75) is 33.2 Å². The number of amides is 1. The summed E-state index contributed by atoms with van der Waals surface area (Å²) in [5.74, 6) is 0.0627. The minimum atomic E-state index is -3.67. The zero-order valence-electron chi connectivity index (χ0n) is 22.9. The molecule has 12 nitrogen and oxygen atoms in total. The van der Waals surface area contributed by atoms with Crippen LogP contribution in [0.2, 0.25) is 0 Å². The summed E-state index contributed by atoms with van der Waals surface area (Å²) in [6, 6.07) is 10.8. The Morgan fingerprint density at radius 1 is 1.12 bits per heavy atom. The minimum absolute atomic E-state index is 0.00578. The molecule has 2 heterocycles. The summed E-state index contributed by atoms with van der Waals surface area (Å²) in [7, 11) is -3.67. The number of ether oxygens (including phenoxy) is 2. The molecular weight excluding hydrogens is 542 g/mol. The van der Waals surface area contributed by atoms with E-state index in [9.17, 15) is 23.4 Å². The van der Waals surface area contributed by atoms with Crippen molar-refractivity contribution in [1.82, 2.24) is 15.4 Å². The molecule has 13 heteroatoms. The third-order valence-corrected chi connectivity index (χ3v) is 5.94. The van der Waals surface area contributed by atoms with E-state index in [2.05, 4.69) is 15.4 Å². The van der Waals surface area contributed by atoms with Gasteiger partial charge in [-0.2, -0.15) is 8.42 Å². The number of nitrogens with one attached hydrogen (secondary N) is 1. The van der Waals surface area contributed by atoms with Gasteiger partial charge in [-0.25, -0.2) is 4.79 Å². The topological polar surface area (TPSA) is 172 Å². The van der Waals surface area contributed by atoms with Crippen LogP contribution in [0.4, 0.5) is 4.79 Å². The molecule has 1 saturated heterocycles. The van der Waals surface area contributed by atoms with Crippen molar-refractivity contribution in [3.63, 3.8) is 0 Å². The highest BCUT2D eigenvalue weighted by molar-refractivity contribution is 7.85. The van der Waals surface area contributed by atoms with Crippen molar-refractivity contribution in [2.75, 3.05) is 39.1 Å². The van der Waals surface area contributed by atoms with Gasteiger partial charge in [0.2, 0.25) is 0 Å². The normalized spacial score (nSPS) is 13.9. The number of nitrogens with zero attached hydrogens (tertiary/aromatic N) is 2. The number of aromatic hydroxyl groups is 2. The van der Waals surface area contributed by atoms with Crippen LogP contribution in [0.1, 0.15) is 37.8 Å². The molecule has 218 valence electrons. The zero-order valence-corrected chi connectivity index (χ0v) is 23.7. The third kappa shape index (κ3) is 8.68. The predicted molar refractivity (Wildman–Crippen MR) is 148 cm³/mol. The molecular formula is C27H35N3O9S. The van der Waals surface area contributed by atoms with Crippen molar-refractivity contribution in [3.05, 3.63) is 47.5 Å². The predicted octanol–water partition coefficient (Wildman–Crippen LogP) is 3.99. The Kier molecular flexibility index (Phi) is 10.5. The van der Waals surface area contributed by atoms with Crippen LogP contribution in [0, 0.1) is 0 Å². The lowest BCUT2D eigenvalue weighted by atomic mass is 9.95. The third-order valence-electron chi connectivity index (χ3n) is 5.94. The monoisotopic (exact) mass is 577 g/mol. The number of hydrogen-bond donors (Lipinski definition) is 4. The van der Waals surface area contributed by atoms with Crippen molar-refractivity contribution in [2.24, 2.45) is 0 Å². The van der Waals surface area contributed by atoms with E-state index in [1.165, 1.54) is 6.07 Å². The molecule has 1 fully saturated rings. The number of morpholine rings is 1. The first-order valence-corrected chi connectivity index (χ1v) is 14.6. The van der Waals surface area contributed by atoms with Gasteiger partial charge >= 0.3 is 6.09 Å². The van der Waals surface area contributed by atoms with Crippen LogP contribution in [0.15, 0.2) is 40.9 Å². The second-order valence-electron chi connectivity index (χ2n) is 9.51. The number of hydrogen-bond acceptors (Lipinski definition) is 10. The van der Waals surface area contributed by atoms with Gasteiger partial charge in [-0.15, -0.1) is 0 Å². The van der Waals surface area contributed by atoms with Crippen LogP contribution in [0.3, 0.4) is 0 Å². The molecule has 0 radical (unpaired) electrons. The van der Waals surface area contributed by atoms with E-state index in [4.69, 9.17) is 18.5 Å². The maximum Gasteiger partial charge on any atom is 0.414 e. The molecule has 0 spiro atoms. The summed E-state index contributed by atoms with van der Waals surface area (Å²) in [6.45, 7) is 10.1. The van der Waals surface area contributed by atoms with E-state index in [1.54, 1.807) is 13.0 Å². The molecule has 0 atom stereocenters. The SMILES string of the molecule is CCNC(=O)Oc1noc(-c2cc(C(C)C)c(O)cc2O)c1-c1ccc(CN2CCOCC2)cc1.CS(=O)(=O)O. The first-order valence-electron chi connectivity index (χ1n) is 12.7. The maximum atomic E-state index is 12.2. The van der Waals surface area contributed by atoms with Crippen LogP contribution in [0.25, 0.3) is 22.5 Å². The van der Waals surface area contributed by atoms with Crippen LogP contribution in [0.5, 0.6) is 17.4 Å². The van der Waals surface area contributed by atoms with E-state index in [0.29, 0.717) is 35.1 Å². The average molecular weight is 578 g/mol. The molecule has 1 aromatic heterocycles. The van der Waals surface area contributed by atoms with Gasteiger partial charge in [0.1, 0.15) is 11.5 Å². The molecule has 1 amide bonds. The number of aromatic nitrogens is 1. The maximum absolute atomic E-state index is 12.2. The Labute approximate surface area is 233 Å². The average Bonchev–Trinajstić information content (AvgIpc) is 3.27. The van der Waals surface area contributed by atoms with Gasteiger partial charge in [-0.3, -0.25) is 9.45 Å². The van der Waals surface area contributed by atoms with Gasteiger partial charge in [0.05, 0.1) is 30.6 Å². The van der Waals surface area contributed by atoms with Crippen LogP contribution in [-0.2, 0) is 21.4 Å². The summed E-state index contributed by atoms with van der Waals surface area (Å²) in [5.41, 5.74) is 3.27. The summed E-state index contributed by atoms with van der Waals surface area (Å²) in [4.78, 5) is 14.5. The molecule has 0 aliphatic carbocycles. The Hall–Kier alpha value is -3.65. The fourth-order valence-corrected chi connectivity index (χ4v) is 4.08. The first kappa shape index (κ1) is 30.9. The molecule has 40 heavy (non-hydrogen) atoms. The van der Waals surface area contributed by atoms with Crippen LogP contribution >= 0.6 is 0 Å². The lowest BCUT2D eigenvalue weighted by Gasteiger charge is -2.26. The Balaban J connectivity index is 0.000000810. The standard InChI is InChI=1S/C26H31N3O6.CH4O3S/c1-4-27-26(32)34-25-23(18-7-5-17(6-8-18)15-29-9-11-33-12-10-29)24(35-28-25)20-13-19(16(2)3)21(30)14-22(20)31;1-5(2,3)4/h5-8,13-14,16,30-31H,4,9-12,15H2,1-3H3,(H,27,32);1H3,(H,2,3,4). The summed E-state index contributed by atoms with van der Waals surface area (Å²) >= 11 is 0. The van der Waals surface area contributed by atoms with Gasteiger partial charge in [0.25, 0.3) is 16.0 Å². The number of carbonyl (C=O) groups excluding carboxylic acids is 1. The van der Waals surface area contributed by atoms with E-state index >= 15 is 0 Å². The molecule has 0 saturated carbocycles. The molecule has 4 rings (SSSR count). The summed E-state index contributed by atoms with van der Waals surface area (Å²) < 4.78 is 42.3. The molecule has 4 N–H and O–H groups in total. The lowest BCUT2D eigenvalue weighted by Crippen LogP contribution is -2.35. The minimum Gasteiger partial charge on any atom is -0.508 e. The highest BCUT2D eigenvalue weighted by Crippen LogP contribution is 2.45. The van der Waals surface area contributed by atoms with E-state index in [0.717, 1.165) is 38.4 Å². The fourth-order valence-electron chi connectivity index (χ4n) is 4.08. The van der Waals surface area contributed by atoms with Crippen molar-refractivity contribution >= 4 is 16.2 Å². The summed E-state index contributed by atoms with van der Waals surface area (Å²) in [6.07, 6.45) is 0.0582. The Bertz CT molecular complexity index is 1390. The molecule has 3 aromatic rings. The molecule has 1 aliphatic rings. The van der Waals surface area contributed by atoms with Crippen molar-refractivity contribution in [3.8, 4) is 39.8 Å². The van der Waals surface area contributed by atoms with Crippen LogP contribution < -0.4 is 10.1 Å². The molecule has 1 aliphatic heterocycles. The van der Waals surface area contributed by atoms with E-state index < -0.39 is 16.2 Å². The smallest absolute Gasteiger partial charge is 0.414 e. The molecule has 0 bridgehead atoms. The molecule has 0 unspecified atom stereocenters. The van der Waals surface area contributed by atoms with Crippen molar-refractivity contribution < 1.29 is 42.0 Å². The zero-order chi connectivity index (χ0) is 29.4. The quantitative estimate of drug-likeness (QED) is 0.299. The van der Waals surface area contributed by atoms with Gasteiger partial charge in [-0.1, -0.05) is 38.1 Å². The Morgan fingerprint density at radius 2 is 1.75 bits per heavy atom. The number of phenolic OH excluding ortho intramolecular Hbond substituents is 2. The number of rotatable bonds is 7. The lowest BCUT2D eigenvalue weighted by molar-refractivity contribution is 0.0342. The first-order chi connectivity index (χ1) is 18.9. The van der Waals surface area contributed by atoms with Gasteiger partial charge in [-0.05, 0) is 40.8 Å². The largest absolute Gasteiger partial charge is 0.508 e. The van der Waals surface area contributed by atoms with Gasteiger partial charge < -0.3 is 29.5 Å².